The van der Waals surface area contributed by atoms with Gasteiger partial charge in [-0.05, 0) is 43.2 Å². The lowest BCUT2D eigenvalue weighted by Gasteiger charge is -2.07. The van der Waals surface area contributed by atoms with Gasteiger partial charge in [0.1, 0.15) is 0 Å². The van der Waals surface area contributed by atoms with E-state index in [1.54, 1.807) is 12.5 Å². The van der Waals surface area contributed by atoms with E-state index < -0.39 is 0 Å². The van der Waals surface area contributed by atoms with Crippen LogP contribution in [0.2, 0.25) is 0 Å². The van der Waals surface area contributed by atoms with Gasteiger partial charge < -0.3 is 0 Å². The van der Waals surface area contributed by atoms with E-state index in [1.807, 2.05) is 24.3 Å². The van der Waals surface area contributed by atoms with Gasteiger partial charge in [0.05, 0.1) is 0 Å². The molecule has 0 spiro atoms. The molecule has 1 heteroatoms. The van der Waals surface area contributed by atoms with Crippen LogP contribution in [-0.4, -0.2) is 5.78 Å². The molecule has 0 bridgehead atoms. The summed E-state index contributed by atoms with van der Waals surface area (Å²) in [6, 6.07) is 18.7. The molecule has 0 aromatic heterocycles. The predicted octanol–water partition coefficient (Wildman–Crippen LogP) is 5.80. The fourth-order valence-corrected chi connectivity index (χ4v) is 2.96. The number of carbonyl (C=O) groups excluding carboxylic acids is 1. The third-order valence-corrected chi connectivity index (χ3v) is 4.39. The summed E-state index contributed by atoms with van der Waals surface area (Å²) in [4.78, 5) is 10.8. The smallest absolute Gasteiger partial charge is 0.159 e. The Morgan fingerprint density at radius 1 is 0.955 bits per heavy atom. The minimum absolute atomic E-state index is 0.132. The number of carbonyl (C=O) groups is 1. The number of rotatable bonds is 3. The molecule has 3 rings (SSSR count). The molecule has 0 atom stereocenters. The molecule has 2 aromatic rings. The number of hydrogen-bond donors (Lipinski definition) is 0. The van der Waals surface area contributed by atoms with Gasteiger partial charge in [0, 0.05) is 5.56 Å². The molecule has 0 saturated heterocycles. The second-order valence-corrected chi connectivity index (χ2v) is 6.00. The van der Waals surface area contributed by atoms with Crippen molar-refractivity contribution in [3.05, 3.63) is 71.3 Å². The van der Waals surface area contributed by atoms with Gasteiger partial charge in [0.25, 0.3) is 0 Å². The first-order chi connectivity index (χ1) is 10.7. The molecule has 22 heavy (non-hydrogen) atoms. The number of ketones is 1. The molecule has 2 aromatic carbocycles. The summed E-state index contributed by atoms with van der Waals surface area (Å²) < 4.78 is 0. The number of aryl methyl sites for hydroxylation is 1. The van der Waals surface area contributed by atoms with Crippen molar-refractivity contribution in [1.29, 1.82) is 0 Å². The first-order valence-electron chi connectivity index (χ1n) is 8.35. The molecule has 1 nitrogen and oxygen atoms in total. The minimum atomic E-state index is 0.132. The lowest BCUT2D eigenvalue weighted by molar-refractivity contribution is 0.101. The zero-order valence-corrected chi connectivity index (χ0v) is 13.7. The van der Waals surface area contributed by atoms with E-state index in [0.717, 1.165) is 17.9 Å². The van der Waals surface area contributed by atoms with Gasteiger partial charge in [-0.2, -0.15) is 0 Å². The molecular weight excluding hydrogens is 268 g/mol. The normalized spacial score (nSPS) is 14.3. The van der Waals surface area contributed by atoms with Crippen molar-refractivity contribution in [2.24, 2.45) is 0 Å². The summed E-state index contributed by atoms with van der Waals surface area (Å²) in [5.74, 6) is 1.00. The average molecular weight is 294 g/mol. The van der Waals surface area contributed by atoms with Crippen molar-refractivity contribution < 1.29 is 4.79 Å². The molecule has 0 radical (unpaired) electrons. The lowest BCUT2D eigenvalue weighted by atomic mass is 9.98. The molecule has 0 N–H and O–H groups in total. The Hall–Kier alpha value is -1.89. The summed E-state index contributed by atoms with van der Waals surface area (Å²) in [6.45, 7) is 3.68. The summed E-state index contributed by atoms with van der Waals surface area (Å²) >= 11 is 0. The maximum atomic E-state index is 10.8. The average Bonchev–Trinajstić information content (AvgIpc) is 3.11. The second kappa shape index (κ2) is 8.53. The van der Waals surface area contributed by atoms with E-state index in [-0.39, 0.29) is 5.78 Å². The maximum Gasteiger partial charge on any atom is 0.159 e. The Morgan fingerprint density at radius 3 is 2.05 bits per heavy atom. The highest BCUT2D eigenvalue weighted by molar-refractivity contribution is 5.93. The Balaban J connectivity index is 0.000000160. The summed E-state index contributed by atoms with van der Waals surface area (Å²) in [5, 5.41) is 0. The highest BCUT2D eigenvalue weighted by Crippen LogP contribution is 2.33. The highest BCUT2D eigenvalue weighted by atomic mass is 16.1. The van der Waals surface area contributed by atoms with Crippen LogP contribution in [0.5, 0.6) is 0 Å². The molecule has 1 saturated carbocycles. The van der Waals surface area contributed by atoms with Gasteiger partial charge in [0.2, 0.25) is 0 Å². The predicted molar refractivity (Wildman–Crippen MR) is 93.5 cm³/mol. The fraction of sp³-hybridized carbons (Fsp3) is 0.381. The fourth-order valence-electron chi connectivity index (χ4n) is 2.96. The molecule has 1 aliphatic rings. The van der Waals surface area contributed by atoms with Gasteiger partial charge in [-0.3, -0.25) is 4.79 Å². The third-order valence-electron chi connectivity index (χ3n) is 4.39. The van der Waals surface area contributed by atoms with Crippen molar-refractivity contribution in [3.8, 4) is 0 Å². The molecule has 0 unspecified atom stereocenters. The van der Waals surface area contributed by atoms with Crippen LogP contribution in [0.15, 0.2) is 54.6 Å². The van der Waals surface area contributed by atoms with Gasteiger partial charge in [0.15, 0.2) is 5.78 Å². The number of Topliss-reactive ketones (excluding diaryl/α,β-unsaturated/α-hetero) is 1. The standard InChI is InChI=1S/C11H14.C10H12O/c1-2-6-10(7-3-1)11-8-4-5-9-11;1-3-9-4-6-10(7-5-9)8(2)11/h1-3,6-7,11H,4-5,8-9H2;4-7H,3H2,1-2H3. The highest BCUT2D eigenvalue weighted by Gasteiger charge is 2.15. The van der Waals surface area contributed by atoms with E-state index in [2.05, 4.69) is 37.3 Å². The molecule has 0 amide bonds. The molecule has 116 valence electrons. The van der Waals surface area contributed by atoms with E-state index in [9.17, 15) is 4.79 Å². The number of benzene rings is 2. The van der Waals surface area contributed by atoms with E-state index in [1.165, 1.54) is 31.2 Å². The monoisotopic (exact) mass is 294 g/mol. The van der Waals surface area contributed by atoms with Crippen LogP contribution in [-0.2, 0) is 6.42 Å². The van der Waals surface area contributed by atoms with Gasteiger partial charge in [-0.1, -0.05) is 74.4 Å². The molecule has 0 aliphatic heterocycles. The van der Waals surface area contributed by atoms with Crippen LogP contribution in [0.1, 0.15) is 66.9 Å². The van der Waals surface area contributed by atoms with E-state index >= 15 is 0 Å². The first-order valence-corrected chi connectivity index (χ1v) is 8.35. The molecule has 1 fully saturated rings. The van der Waals surface area contributed by atoms with Crippen molar-refractivity contribution in [2.45, 2.75) is 51.9 Å². The Morgan fingerprint density at radius 2 is 1.55 bits per heavy atom. The zero-order chi connectivity index (χ0) is 15.8. The topological polar surface area (TPSA) is 17.1 Å². The minimum Gasteiger partial charge on any atom is -0.295 e. The van der Waals surface area contributed by atoms with Crippen LogP contribution in [0.25, 0.3) is 0 Å². The summed E-state index contributed by atoms with van der Waals surface area (Å²) in [7, 11) is 0. The van der Waals surface area contributed by atoms with Crippen molar-refractivity contribution >= 4 is 5.78 Å². The maximum absolute atomic E-state index is 10.8. The first kappa shape index (κ1) is 16.5. The second-order valence-electron chi connectivity index (χ2n) is 6.00. The Kier molecular flexibility index (Phi) is 6.39. The van der Waals surface area contributed by atoms with Crippen LogP contribution < -0.4 is 0 Å². The van der Waals surface area contributed by atoms with E-state index in [4.69, 9.17) is 0 Å². The Bertz CT molecular complexity index is 563. The lowest BCUT2D eigenvalue weighted by Crippen LogP contribution is -1.91. The summed E-state index contributed by atoms with van der Waals surface area (Å²) in [5.41, 5.74) is 3.61. The van der Waals surface area contributed by atoms with Crippen molar-refractivity contribution in [3.63, 3.8) is 0 Å². The zero-order valence-electron chi connectivity index (χ0n) is 13.7. The molecule has 0 heterocycles. The Labute approximate surface area is 134 Å². The SMILES string of the molecule is CCc1ccc(C(C)=O)cc1.c1ccc(C2CCCC2)cc1. The van der Waals surface area contributed by atoms with Crippen LogP contribution >= 0.6 is 0 Å². The van der Waals surface area contributed by atoms with Crippen molar-refractivity contribution in [1.82, 2.24) is 0 Å². The van der Waals surface area contributed by atoms with Gasteiger partial charge in [-0.15, -0.1) is 0 Å². The summed E-state index contributed by atoms with van der Waals surface area (Å²) in [6.07, 6.45) is 6.70. The van der Waals surface area contributed by atoms with Gasteiger partial charge in [-0.25, -0.2) is 0 Å². The van der Waals surface area contributed by atoms with Crippen LogP contribution in [0, 0.1) is 0 Å². The van der Waals surface area contributed by atoms with Crippen LogP contribution in [0.3, 0.4) is 0 Å². The molecule has 1 aliphatic carbocycles. The van der Waals surface area contributed by atoms with Gasteiger partial charge >= 0.3 is 0 Å². The quantitative estimate of drug-likeness (QED) is 0.654. The third kappa shape index (κ3) is 4.84. The van der Waals surface area contributed by atoms with E-state index in [0.29, 0.717) is 0 Å². The molecular formula is C21H26O. The van der Waals surface area contributed by atoms with Crippen LogP contribution in [0.4, 0.5) is 0 Å². The largest absolute Gasteiger partial charge is 0.295 e. The van der Waals surface area contributed by atoms with Crippen molar-refractivity contribution in [2.75, 3.05) is 0 Å². The number of hydrogen-bond acceptors (Lipinski definition) is 1.